The summed E-state index contributed by atoms with van der Waals surface area (Å²) in [4.78, 5) is 14.0. The van der Waals surface area contributed by atoms with Gasteiger partial charge in [0.2, 0.25) is 5.91 Å². The molecule has 0 spiro atoms. The minimum atomic E-state index is 0.129. The molecular formula is C14H20N2O2. The highest BCUT2D eigenvalue weighted by Gasteiger charge is 2.23. The Morgan fingerprint density at radius 3 is 3.06 bits per heavy atom. The van der Waals surface area contributed by atoms with Crippen LogP contribution in [0.3, 0.4) is 0 Å². The highest BCUT2D eigenvalue weighted by molar-refractivity contribution is 5.94. The normalized spacial score (nSPS) is 20.8. The summed E-state index contributed by atoms with van der Waals surface area (Å²) in [6.07, 6.45) is 2.54. The maximum atomic E-state index is 12.2. The molecule has 2 N–H and O–H groups in total. The Hall–Kier alpha value is -1.55. The minimum Gasteiger partial charge on any atom is -0.508 e. The van der Waals surface area contributed by atoms with Crippen molar-refractivity contribution < 1.29 is 9.90 Å². The predicted molar refractivity (Wildman–Crippen MR) is 71.8 cm³/mol. The molecule has 1 aromatic rings. The number of anilines is 1. The van der Waals surface area contributed by atoms with E-state index >= 15 is 0 Å². The fourth-order valence-electron chi connectivity index (χ4n) is 2.44. The van der Waals surface area contributed by atoms with Crippen molar-refractivity contribution in [3.05, 3.63) is 24.3 Å². The highest BCUT2D eigenvalue weighted by atomic mass is 16.3. The maximum absolute atomic E-state index is 12.2. The van der Waals surface area contributed by atoms with Gasteiger partial charge in [0.15, 0.2) is 0 Å². The zero-order valence-corrected chi connectivity index (χ0v) is 10.7. The average Bonchev–Trinajstić information content (AvgIpc) is 2.51. The number of hydrogen-bond acceptors (Lipinski definition) is 3. The van der Waals surface area contributed by atoms with Crippen molar-refractivity contribution in [3.8, 4) is 5.75 Å². The fraction of sp³-hybridized carbons (Fsp3) is 0.500. The number of nitrogens with zero attached hydrogens (tertiary/aromatic N) is 1. The van der Waals surface area contributed by atoms with Crippen LogP contribution in [-0.4, -0.2) is 30.1 Å². The van der Waals surface area contributed by atoms with Crippen LogP contribution in [0, 0.1) is 0 Å². The molecule has 1 aromatic carbocycles. The largest absolute Gasteiger partial charge is 0.508 e. The highest BCUT2D eigenvalue weighted by Crippen LogP contribution is 2.23. The monoisotopic (exact) mass is 248 g/mol. The van der Waals surface area contributed by atoms with Crippen LogP contribution in [0.2, 0.25) is 0 Å². The molecule has 1 heterocycles. The van der Waals surface area contributed by atoms with Crippen molar-refractivity contribution in [1.82, 2.24) is 5.32 Å². The van der Waals surface area contributed by atoms with Gasteiger partial charge in [-0.25, -0.2) is 0 Å². The van der Waals surface area contributed by atoms with Gasteiger partial charge in [-0.3, -0.25) is 4.79 Å². The van der Waals surface area contributed by atoms with Gasteiger partial charge in [0, 0.05) is 30.8 Å². The van der Waals surface area contributed by atoms with Crippen molar-refractivity contribution in [3.63, 3.8) is 0 Å². The first-order valence-corrected chi connectivity index (χ1v) is 6.53. The average molecular weight is 248 g/mol. The van der Waals surface area contributed by atoms with E-state index in [1.54, 1.807) is 23.1 Å². The van der Waals surface area contributed by atoms with Gasteiger partial charge in [0.1, 0.15) is 5.75 Å². The van der Waals surface area contributed by atoms with Crippen LogP contribution in [0.1, 0.15) is 26.2 Å². The molecule has 0 aliphatic carbocycles. The SMILES string of the molecule is CCNC1CCCN(c2cccc(O)c2)C(=O)C1. The first kappa shape index (κ1) is 12.9. The molecule has 4 nitrogen and oxygen atoms in total. The molecule has 0 radical (unpaired) electrons. The van der Waals surface area contributed by atoms with Crippen LogP contribution >= 0.6 is 0 Å². The third-order valence-corrected chi connectivity index (χ3v) is 3.29. The third-order valence-electron chi connectivity index (χ3n) is 3.29. The Morgan fingerprint density at radius 2 is 2.33 bits per heavy atom. The number of aromatic hydroxyl groups is 1. The van der Waals surface area contributed by atoms with E-state index in [9.17, 15) is 9.90 Å². The van der Waals surface area contributed by atoms with Gasteiger partial charge >= 0.3 is 0 Å². The summed E-state index contributed by atoms with van der Waals surface area (Å²) in [5.74, 6) is 0.330. The lowest BCUT2D eigenvalue weighted by Crippen LogP contribution is -2.34. The second-order valence-electron chi connectivity index (χ2n) is 4.67. The Morgan fingerprint density at radius 1 is 1.50 bits per heavy atom. The molecule has 0 aromatic heterocycles. The van der Waals surface area contributed by atoms with Crippen LogP contribution < -0.4 is 10.2 Å². The van der Waals surface area contributed by atoms with Crippen molar-refractivity contribution >= 4 is 11.6 Å². The van der Waals surface area contributed by atoms with E-state index in [0.717, 1.165) is 31.6 Å². The Bertz CT molecular complexity index is 420. The van der Waals surface area contributed by atoms with Gasteiger partial charge in [-0.15, -0.1) is 0 Å². The lowest BCUT2D eigenvalue weighted by molar-refractivity contribution is -0.118. The molecule has 98 valence electrons. The lowest BCUT2D eigenvalue weighted by Gasteiger charge is -2.21. The van der Waals surface area contributed by atoms with E-state index in [1.807, 2.05) is 6.07 Å². The van der Waals surface area contributed by atoms with Crippen molar-refractivity contribution in [2.45, 2.75) is 32.2 Å². The standard InChI is InChI=1S/C14H20N2O2/c1-2-15-11-5-4-8-16(14(18)9-11)12-6-3-7-13(17)10-12/h3,6-7,10-11,15,17H,2,4-5,8-9H2,1H3. The van der Waals surface area contributed by atoms with Gasteiger partial charge in [0.25, 0.3) is 0 Å². The summed E-state index contributed by atoms with van der Waals surface area (Å²) in [6.45, 7) is 3.68. The fourth-order valence-corrected chi connectivity index (χ4v) is 2.44. The summed E-state index contributed by atoms with van der Waals surface area (Å²) >= 11 is 0. The van der Waals surface area contributed by atoms with E-state index in [4.69, 9.17) is 0 Å². The Balaban J connectivity index is 2.12. The zero-order chi connectivity index (χ0) is 13.0. The number of benzene rings is 1. The quantitative estimate of drug-likeness (QED) is 0.859. The lowest BCUT2D eigenvalue weighted by atomic mass is 10.1. The molecule has 1 saturated heterocycles. The number of amides is 1. The van der Waals surface area contributed by atoms with Crippen molar-refractivity contribution in [2.75, 3.05) is 18.0 Å². The van der Waals surface area contributed by atoms with E-state index in [1.165, 1.54) is 0 Å². The second-order valence-corrected chi connectivity index (χ2v) is 4.67. The second kappa shape index (κ2) is 5.87. The van der Waals surface area contributed by atoms with E-state index in [2.05, 4.69) is 12.2 Å². The number of carbonyl (C=O) groups excluding carboxylic acids is 1. The molecule has 1 amide bonds. The van der Waals surface area contributed by atoms with Gasteiger partial charge in [-0.05, 0) is 31.5 Å². The summed E-state index contributed by atoms with van der Waals surface area (Å²) in [5, 5.41) is 12.8. The number of carbonyl (C=O) groups is 1. The van der Waals surface area contributed by atoms with Gasteiger partial charge in [0.05, 0.1) is 0 Å². The number of phenols is 1. The topological polar surface area (TPSA) is 52.6 Å². The molecule has 4 heteroatoms. The van der Waals surface area contributed by atoms with Crippen LogP contribution in [0.4, 0.5) is 5.69 Å². The van der Waals surface area contributed by atoms with Crippen LogP contribution in [0.5, 0.6) is 5.75 Å². The number of phenolic OH excluding ortho intramolecular Hbond substituents is 1. The molecule has 0 bridgehead atoms. The summed E-state index contributed by atoms with van der Waals surface area (Å²) in [7, 11) is 0. The van der Waals surface area contributed by atoms with Gasteiger partial charge < -0.3 is 15.3 Å². The Kier molecular flexibility index (Phi) is 4.20. The molecule has 2 rings (SSSR count). The number of hydrogen-bond donors (Lipinski definition) is 2. The molecule has 1 aliphatic heterocycles. The summed E-state index contributed by atoms with van der Waals surface area (Å²) in [5.41, 5.74) is 0.789. The predicted octanol–water partition coefficient (Wildman–Crippen LogP) is 1.89. The van der Waals surface area contributed by atoms with Gasteiger partial charge in [-0.2, -0.15) is 0 Å². The van der Waals surface area contributed by atoms with Crippen molar-refractivity contribution in [2.24, 2.45) is 0 Å². The first-order chi connectivity index (χ1) is 8.70. The third kappa shape index (κ3) is 3.01. The number of nitrogens with one attached hydrogen (secondary N) is 1. The molecule has 1 atom stereocenters. The van der Waals surface area contributed by atoms with Crippen LogP contribution in [0.25, 0.3) is 0 Å². The van der Waals surface area contributed by atoms with Gasteiger partial charge in [-0.1, -0.05) is 13.0 Å². The van der Waals surface area contributed by atoms with Crippen LogP contribution in [0.15, 0.2) is 24.3 Å². The molecule has 0 saturated carbocycles. The summed E-state index contributed by atoms with van der Waals surface area (Å²) in [6, 6.07) is 7.18. The smallest absolute Gasteiger partial charge is 0.228 e. The van der Waals surface area contributed by atoms with Crippen molar-refractivity contribution in [1.29, 1.82) is 0 Å². The van der Waals surface area contributed by atoms with E-state index < -0.39 is 0 Å². The molecule has 18 heavy (non-hydrogen) atoms. The zero-order valence-electron chi connectivity index (χ0n) is 10.7. The Labute approximate surface area is 108 Å². The molecule has 1 unspecified atom stereocenters. The van der Waals surface area contributed by atoms with Crippen LogP contribution in [-0.2, 0) is 4.79 Å². The van der Waals surface area contributed by atoms with E-state index in [0.29, 0.717) is 6.42 Å². The maximum Gasteiger partial charge on any atom is 0.228 e. The summed E-state index contributed by atoms with van der Waals surface area (Å²) < 4.78 is 0. The molecular weight excluding hydrogens is 228 g/mol. The number of rotatable bonds is 3. The molecule has 1 aliphatic rings. The molecule has 1 fully saturated rings. The minimum absolute atomic E-state index is 0.129. The van der Waals surface area contributed by atoms with E-state index in [-0.39, 0.29) is 17.7 Å². The first-order valence-electron chi connectivity index (χ1n) is 6.53.